The number of benzene rings is 1. The number of nitriles is 1. The first-order valence-corrected chi connectivity index (χ1v) is 7.78. The van der Waals surface area contributed by atoms with Crippen molar-refractivity contribution in [2.45, 2.75) is 26.3 Å². The summed E-state index contributed by atoms with van der Waals surface area (Å²) in [5.41, 5.74) is 0.347. The summed E-state index contributed by atoms with van der Waals surface area (Å²) in [7, 11) is 0. The molecule has 0 aliphatic heterocycles. The summed E-state index contributed by atoms with van der Waals surface area (Å²) in [5, 5.41) is 23.4. The largest absolute Gasteiger partial charge is 0.480 e. The van der Waals surface area contributed by atoms with Gasteiger partial charge in [-0.05, 0) is 36.6 Å². The Bertz CT molecular complexity index is 633. The average molecular weight is 380 g/mol. The smallest absolute Gasteiger partial charge is 0.326 e. The van der Waals surface area contributed by atoms with Gasteiger partial charge in [0.05, 0.1) is 0 Å². The maximum Gasteiger partial charge on any atom is 0.326 e. The van der Waals surface area contributed by atoms with Gasteiger partial charge in [0.15, 0.2) is 0 Å². The van der Waals surface area contributed by atoms with E-state index in [-0.39, 0.29) is 11.5 Å². The minimum atomic E-state index is -1.03. The van der Waals surface area contributed by atoms with Gasteiger partial charge >= 0.3 is 5.97 Å². The molecule has 0 saturated carbocycles. The molecule has 122 valence electrons. The van der Waals surface area contributed by atoms with E-state index in [0.29, 0.717) is 12.1 Å². The fraction of sp³-hybridized carbons (Fsp3) is 0.312. The summed E-state index contributed by atoms with van der Waals surface area (Å²) in [6.45, 7) is 3.79. The van der Waals surface area contributed by atoms with Gasteiger partial charge < -0.3 is 15.7 Å². The molecule has 1 rings (SSSR count). The summed E-state index contributed by atoms with van der Waals surface area (Å²) >= 11 is 3.29. The van der Waals surface area contributed by atoms with Gasteiger partial charge in [-0.1, -0.05) is 29.8 Å². The van der Waals surface area contributed by atoms with Gasteiger partial charge in [0, 0.05) is 16.4 Å². The molecule has 0 radical (unpaired) electrons. The molecule has 0 spiro atoms. The van der Waals surface area contributed by atoms with Crippen molar-refractivity contribution in [1.29, 1.82) is 5.26 Å². The number of carbonyl (C=O) groups is 2. The normalized spacial score (nSPS) is 12.4. The number of nitrogens with zero attached hydrogens (tertiary/aromatic N) is 1. The van der Waals surface area contributed by atoms with E-state index in [1.54, 1.807) is 30.3 Å². The van der Waals surface area contributed by atoms with Gasteiger partial charge in [0.1, 0.15) is 17.7 Å². The van der Waals surface area contributed by atoms with Crippen LogP contribution in [0.5, 0.6) is 0 Å². The van der Waals surface area contributed by atoms with Crippen molar-refractivity contribution in [1.82, 2.24) is 5.32 Å². The van der Waals surface area contributed by atoms with E-state index >= 15 is 0 Å². The van der Waals surface area contributed by atoms with Crippen LogP contribution >= 0.6 is 15.9 Å². The number of hydrogen-bond donors (Lipinski definition) is 3. The van der Waals surface area contributed by atoms with Crippen molar-refractivity contribution in [3.05, 3.63) is 40.5 Å². The highest BCUT2D eigenvalue weighted by molar-refractivity contribution is 9.10. The molecule has 0 saturated heterocycles. The highest BCUT2D eigenvalue weighted by Crippen LogP contribution is 2.14. The molecule has 23 heavy (non-hydrogen) atoms. The van der Waals surface area contributed by atoms with Gasteiger partial charge in [-0.25, -0.2) is 4.79 Å². The lowest BCUT2D eigenvalue weighted by molar-refractivity contribution is -0.139. The number of carboxylic acid groups (broad SMARTS) is 1. The molecular formula is C16H18BrN3O3. The highest BCUT2D eigenvalue weighted by Gasteiger charge is 2.18. The Kier molecular flexibility index (Phi) is 7.29. The molecule has 1 aromatic carbocycles. The summed E-state index contributed by atoms with van der Waals surface area (Å²) in [4.78, 5) is 23.2. The van der Waals surface area contributed by atoms with Crippen LogP contribution < -0.4 is 10.6 Å². The molecule has 7 heteroatoms. The minimum Gasteiger partial charge on any atom is -0.480 e. The summed E-state index contributed by atoms with van der Waals surface area (Å²) in [6, 6.07) is 7.80. The lowest BCUT2D eigenvalue weighted by atomic mass is 10.0. The van der Waals surface area contributed by atoms with Crippen LogP contribution in [0.15, 0.2) is 40.5 Å². The Hall–Kier alpha value is -2.33. The SMILES string of the molecule is CC(C)CC(N/C=C(/C#N)C(=O)Nc1ccc(Br)cc1)C(=O)O. The van der Waals surface area contributed by atoms with Gasteiger partial charge in [-0.2, -0.15) is 5.26 Å². The van der Waals surface area contributed by atoms with E-state index in [9.17, 15) is 9.59 Å². The Balaban J connectivity index is 2.77. The van der Waals surface area contributed by atoms with E-state index < -0.39 is 17.9 Å². The number of nitrogens with one attached hydrogen (secondary N) is 2. The van der Waals surface area contributed by atoms with Crippen LogP contribution in [0.3, 0.4) is 0 Å². The molecule has 0 aliphatic rings. The standard InChI is InChI=1S/C16H18BrN3O3/c1-10(2)7-14(16(22)23)19-9-11(8-18)15(21)20-13-5-3-12(17)4-6-13/h3-6,9-10,14,19H,7H2,1-2H3,(H,20,21)(H,22,23)/b11-9-. The zero-order chi connectivity index (χ0) is 17.4. The molecular weight excluding hydrogens is 362 g/mol. The molecule has 1 atom stereocenters. The second-order valence-electron chi connectivity index (χ2n) is 5.32. The summed E-state index contributed by atoms with van der Waals surface area (Å²) < 4.78 is 0.867. The lowest BCUT2D eigenvalue weighted by Gasteiger charge is -2.15. The zero-order valence-electron chi connectivity index (χ0n) is 12.8. The molecule has 1 aromatic rings. The van der Waals surface area contributed by atoms with Crippen molar-refractivity contribution in [2.75, 3.05) is 5.32 Å². The van der Waals surface area contributed by atoms with Crippen LogP contribution in [-0.2, 0) is 9.59 Å². The Labute approximate surface area is 143 Å². The number of amides is 1. The maximum atomic E-state index is 12.0. The van der Waals surface area contributed by atoms with Gasteiger partial charge in [0.2, 0.25) is 0 Å². The number of carboxylic acids is 1. The predicted octanol–water partition coefficient (Wildman–Crippen LogP) is 2.88. The fourth-order valence-corrected chi connectivity index (χ4v) is 2.04. The number of rotatable bonds is 7. The van der Waals surface area contributed by atoms with Crippen molar-refractivity contribution in [3.63, 3.8) is 0 Å². The topological polar surface area (TPSA) is 102 Å². The highest BCUT2D eigenvalue weighted by atomic mass is 79.9. The van der Waals surface area contributed by atoms with Crippen molar-refractivity contribution in [2.24, 2.45) is 5.92 Å². The van der Waals surface area contributed by atoms with Crippen LogP contribution in [-0.4, -0.2) is 23.0 Å². The molecule has 0 fully saturated rings. The predicted molar refractivity (Wildman–Crippen MR) is 90.5 cm³/mol. The average Bonchev–Trinajstić information content (AvgIpc) is 2.48. The number of aliphatic carboxylic acids is 1. The van der Waals surface area contributed by atoms with Gasteiger partial charge in [0.25, 0.3) is 5.91 Å². The molecule has 3 N–H and O–H groups in total. The summed E-state index contributed by atoms with van der Waals surface area (Å²) in [6.07, 6.45) is 1.54. The Morgan fingerprint density at radius 2 is 1.96 bits per heavy atom. The maximum absolute atomic E-state index is 12.0. The van der Waals surface area contributed by atoms with E-state index in [4.69, 9.17) is 10.4 Å². The van der Waals surface area contributed by atoms with E-state index in [1.165, 1.54) is 0 Å². The van der Waals surface area contributed by atoms with E-state index in [2.05, 4.69) is 26.6 Å². The van der Waals surface area contributed by atoms with Gasteiger partial charge in [-0.15, -0.1) is 0 Å². The molecule has 1 unspecified atom stereocenters. The zero-order valence-corrected chi connectivity index (χ0v) is 14.4. The van der Waals surface area contributed by atoms with Crippen LogP contribution in [0.25, 0.3) is 0 Å². The third kappa shape index (κ3) is 6.53. The minimum absolute atomic E-state index is 0.166. The molecule has 0 aromatic heterocycles. The monoisotopic (exact) mass is 379 g/mol. The first-order chi connectivity index (χ1) is 10.8. The first kappa shape index (κ1) is 18.7. The quantitative estimate of drug-likeness (QED) is 0.499. The Morgan fingerprint density at radius 3 is 2.43 bits per heavy atom. The number of hydrogen-bond acceptors (Lipinski definition) is 4. The van der Waals surface area contributed by atoms with E-state index in [1.807, 2.05) is 13.8 Å². The van der Waals surface area contributed by atoms with Gasteiger partial charge in [-0.3, -0.25) is 4.79 Å². The summed E-state index contributed by atoms with van der Waals surface area (Å²) in [5.74, 6) is -1.46. The molecule has 0 heterocycles. The van der Waals surface area contributed by atoms with Crippen LogP contribution in [0.2, 0.25) is 0 Å². The molecule has 6 nitrogen and oxygen atoms in total. The Morgan fingerprint density at radius 1 is 1.35 bits per heavy atom. The number of halogens is 1. The second kappa shape index (κ2) is 8.96. The third-order valence-corrected chi connectivity index (χ3v) is 3.43. The third-order valence-electron chi connectivity index (χ3n) is 2.90. The van der Waals surface area contributed by atoms with Crippen molar-refractivity contribution in [3.8, 4) is 6.07 Å². The molecule has 1 amide bonds. The first-order valence-electron chi connectivity index (χ1n) is 6.99. The second-order valence-corrected chi connectivity index (χ2v) is 6.23. The lowest BCUT2D eigenvalue weighted by Crippen LogP contribution is -2.35. The van der Waals surface area contributed by atoms with Crippen LogP contribution in [0.4, 0.5) is 5.69 Å². The number of carbonyl (C=O) groups excluding carboxylic acids is 1. The van der Waals surface area contributed by atoms with Crippen LogP contribution in [0.1, 0.15) is 20.3 Å². The van der Waals surface area contributed by atoms with Crippen molar-refractivity contribution >= 4 is 33.5 Å². The fourth-order valence-electron chi connectivity index (χ4n) is 1.78. The van der Waals surface area contributed by atoms with Crippen molar-refractivity contribution < 1.29 is 14.7 Å². The van der Waals surface area contributed by atoms with Crippen LogP contribution in [0, 0.1) is 17.2 Å². The number of anilines is 1. The molecule has 0 aliphatic carbocycles. The molecule has 0 bridgehead atoms. The van der Waals surface area contributed by atoms with E-state index in [0.717, 1.165) is 10.7 Å².